The lowest BCUT2D eigenvalue weighted by Crippen LogP contribution is -2.48. The molecular weight excluding hydrogens is 210 g/mol. The fraction of sp³-hybridized carbons (Fsp3) is 0.929. The van der Waals surface area contributed by atoms with Crippen LogP contribution in [0.25, 0.3) is 0 Å². The van der Waals surface area contributed by atoms with E-state index < -0.39 is 0 Å². The topological polar surface area (TPSA) is 9.49 Å². The predicted octanol–water partition coefficient (Wildman–Crippen LogP) is 1.98. The van der Waals surface area contributed by atoms with Crippen molar-refractivity contribution in [3.8, 4) is 0 Å². The van der Waals surface area contributed by atoms with Gasteiger partial charge in [0.25, 0.3) is 0 Å². The molecule has 3 nitrogen and oxygen atoms in total. The Hall–Kier alpha value is -0.730. The summed E-state index contributed by atoms with van der Waals surface area (Å²) in [6, 6.07) is 0. The Balaban J connectivity index is 2.18. The lowest BCUT2D eigenvalue weighted by Gasteiger charge is -2.26. The molecule has 2 saturated heterocycles. The van der Waals surface area contributed by atoms with Crippen molar-refractivity contribution in [1.82, 2.24) is 9.80 Å². The van der Waals surface area contributed by atoms with Gasteiger partial charge in [0.15, 0.2) is 0 Å². The molecule has 0 saturated carbocycles. The molecule has 2 aliphatic heterocycles. The minimum Gasteiger partial charge on any atom is -0.265 e. The molecule has 2 aliphatic rings. The van der Waals surface area contributed by atoms with Crippen LogP contribution in [-0.4, -0.2) is 59.6 Å². The predicted molar refractivity (Wildman–Crippen MR) is 72.6 cm³/mol. The standard InChI is InChI=1S/C14H28N3/c1-3-9-15(4-2)14(16-10-5-6-11-16)17-12-7-8-13-17/h3-13H2,1-2H3/q+1. The van der Waals surface area contributed by atoms with Gasteiger partial charge in [-0.15, -0.1) is 0 Å². The Morgan fingerprint density at radius 1 is 1.06 bits per heavy atom. The van der Waals surface area contributed by atoms with Crippen molar-refractivity contribution >= 4 is 5.96 Å². The highest BCUT2D eigenvalue weighted by atomic mass is 15.4. The quantitative estimate of drug-likeness (QED) is 0.549. The van der Waals surface area contributed by atoms with Gasteiger partial charge in [0, 0.05) is 0 Å². The molecule has 0 amide bonds. The molecule has 0 unspecified atom stereocenters. The second kappa shape index (κ2) is 6.27. The van der Waals surface area contributed by atoms with Crippen LogP contribution in [0.5, 0.6) is 0 Å². The van der Waals surface area contributed by atoms with Crippen molar-refractivity contribution in [3.63, 3.8) is 0 Å². The zero-order chi connectivity index (χ0) is 12.1. The largest absolute Gasteiger partial charge is 0.350 e. The van der Waals surface area contributed by atoms with Crippen LogP contribution in [0.2, 0.25) is 0 Å². The molecule has 0 aromatic rings. The minimum atomic E-state index is 1.15. The maximum Gasteiger partial charge on any atom is 0.350 e. The van der Waals surface area contributed by atoms with Crippen LogP contribution in [0.4, 0.5) is 0 Å². The highest BCUT2D eigenvalue weighted by molar-refractivity contribution is 5.75. The Morgan fingerprint density at radius 2 is 1.71 bits per heavy atom. The van der Waals surface area contributed by atoms with E-state index in [0.717, 1.165) is 6.54 Å². The van der Waals surface area contributed by atoms with Crippen molar-refractivity contribution in [2.24, 2.45) is 0 Å². The summed E-state index contributed by atoms with van der Waals surface area (Å²) in [5.74, 6) is 1.55. The van der Waals surface area contributed by atoms with E-state index in [1.54, 1.807) is 5.96 Å². The molecule has 0 N–H and O–H groups in total. The third-order valence-electron chi connectivity index (χ3n) is 3.94. The first-order chi connectivity index (χ1) is 8.36. The molecule has 0 aromatic carbocycles. The van der Waals surface area contributed by atoms with E-state index in [0.29, 0.717) is 0 Å². The van der Waals surface area contributed by atoms with Gasteiger partial charge in [0.1, 0.15) is 0 Å². The van der Waals surface area contributed by atoms with Crippen molar-refractivity contribution in [2.75, 3.05) is 39.3 Å². The number of guanidine groups is 1. The number of hydrogen-bond donors (Lipinski definition) is 0. The Morgan fingerprint density at radius 3 is 2.24 bits per heavy atom. The van der Waals surface area contributed by atoms with Crippen molar-refractivity contribution < 1.29 is 4.58 Å². The van der Waals surface area contributed by atoms with E-state index in [1.807, 2.05) is 0 Å². The van der Waals surface area contributed by atoms with Crippen LogP contribution < -0.4 is 0 Å². The number of nitrogens with zero attached hydrogens (tertiary/aromatic N) is 3. The van der Waals surface area contributed by atoms with Crippen LogP contribution in [-0.2, 0) is 0 Å². The van der Waals surface area contributed by atoms with Gasteiger partial charge < -0.3 is 0 Å². The van der Waals surface area contributed by atoms with Crippen LogP contribution in [0.15, 0.2) is 0 Å². The molecular formula is C14H28N3+. The molecule has 0 aromatic heterocycles. The molecule has 17 heavy (non-hydrogen) atoms. The SMILES string of the molecule is CCCN(CC)C(N1CCCC1)=[N+]1CCCC1. The van der Waals surface area contributed by atoms with Gasteiger partial charge in [-0.3, -0.25) is 14.4 Å². The lowest BCUT2D eigenvalue weighted by molar-refractivity contribution is -0.516. The maximum absolute atomic E-state index is 2.63. The second-order valence-electron chi connectivity index (χ2n) is 5.27. The van der Waals surface area contributed by atoms with Gasteiger partial charge in [0.05, 0.1) is 39.3 Å². The van der Waals surface area contributed by atoms with E-state index in [-0.39, 0.29) is 0 Å². The Bertz CT molecular complexity index is 259. The summed E-state index contributed by atoms with van der Waals surface area (Å²) in [7, 11) is 0. The van der Waals surface area contributed by atoms with Crippen LogP contribution in [0, 0.1) is 0 Å². The first-order valence-corrected chi connectivity index (χ1v) is 7.48. The molecule has 2 fully saturated rings. The van der Waals surface area contributed by atoms with E-state index in [2.05, 4.69) is 28.2 Å². The highest BCUT2D eigenvalue weighted by Gasteiger charge is 2.31. The van der Waals surface area contributed by atoms with Gasteiger partial charge in [-0.2, -0.15) is 0 Å². The van der Waals surface area contributed by atoms with E-state index in [1.165, 1.54) is 64.8 Å². The average Bonchev–Trinajstić information content (AvgIpc) is 3.01. The minimum absolute atomic E-state index is 1.15. The zero-order valence-corrected chi connectivity index (χ0v) is 11.6. The third-order valence-corrected chi connectivity index (χ3v) is 3.94. The Labute approximate surface area is 106 Å². The van der Waals surface area contributed by atoms with Crippen molar-refractivity contribution in [3.05, 3.63) is 0 Å². The van der Waals surface area contributed by atoms with E-state index in [4.69, 9.17) is 0 Å². The van der Waals surface area contributed by atoms with Gasteiger partial charge >= 0.3 is 5.96 Å². The molecule has 0 bridgehead atoms. The molecule has 98 valence electrons. The Kier molecular flexibility index (Phi) is 4.69. The van der Waals surface area contributed by atoms with Gasteiger partial charge in [-0.05, 0) is 39.0 Å². The van der Waals surface area contributed by atoms with E-state index >= 15 is 0 Å². The normalized spacial score (nSPS) is 20.1. The summed E-state index contributed by atoms with van der Waals surface area (Å²) >= 11 is 0. The van der Waals surface area contributed by atoms with Crippen LogP contribution in [0.3, 0.4) is 0 Å². The average molecular weight is 238 g/mol. The smallest absolute Gasteiger partial charge is 0.265 e. The van der Waals surface area contributed by atoms with Gasteiger partial charge in [-0.25, -0.2) is 0 Å². The number of likely N-dealkylation sites (tertiary alicyclic amines) is 1. The number of hydrogen-bond acceptors (Lipinski definition) is 0. The number of rotatable bonds is 3. The molecule has 0 spiro atoms. The summed E-state index contributed by atoms with van der Waals surface area (Å²) in [6.07, 6.45) is 6.75. The van der Waals surface area contributed by atoms with Crippen molar-refractivity contribution in [2.45, 2.75) is 46.0 Å². The summed E-state index contributed by atoms with van der Waals surface area (Å²) in [6.45, 7) is 12.0. The third kappa shape index (κ3) is 2.93. The molecule has 3 heteroatoms. The first-order valence-electron chi connectivity index (χ1n) is 7.48. The lowest BCUT2D eigenvalue weighted by atomic mass is 10.4. The fourth-order valence-corrected chi connectivity index (χ4v) is 3.10. The summed E-state index contributed by atoms with van der Waals surface area (Å²) in [5, 5.41) is 0. The second-order valence-corrected chi connectivity index (χ2v) is 5.27. The molecule has 0 radical (unpaired) electrons. The van der Waals surface area contributed by atoms with Crippen LogP contribution >= 0.6 is 0 Å². The maximum atomic E-state index is 2.63. The molecule has 2 heterocycles. The summed E-state index contributed by atoms with van der Waals surface area (Å²) in [5.41, 5.74) is 0. The van der Waals surface area contributed by atoms with E-state index in [9.17, 15) is 0 Å². The van der Waals surface area contributed by atoms with Gasteiger partial charge in [-0.1, -0.05) is 6.92 Å². The fourth-order valence-electron chi connectivity index (χ4n) is 3.10. The molecule has 0 atom stereocenters. The van der Waals surface area contributed by atoms with Crippen LogP contribution in [0.1, 0.15) is 46.0 Å². The summed E-state index contributed by atoms with van der Waals surface area (Å²) < 4.78 is 2.63. The van der Waals surface area contributed by atoms with Crippen molar-refractivity contribution in [1.29, 1.82) is 0 Å². The zero-order valence-electron chi connectivity index (χ0n) is 11.6. The highest BCUT2D eigenvalue weighted by Crippen LogP contribution is 2.14. The molecule has 0 aliphatic carbocycles. The summed E-state index contributed by atoms with van der Waals surface area (Å²) in [4.78, 5) is 5.22. The monoisotopic (exact) mass is 238 g/mol. The molecule has 2 rings (SSSR count). The first kappa shape index (κ1) is 12.7. The van der Waals surface area contributed by atoms with Gasteiger partial charge in [0.2, 0.25) is 0 Å².